The molecule has 4 nitrogen and oxygen atoms in total. The molecule has 1 amide bonds. The fourth-order valence-electron chi connectivity index (χ4n) is 3.09. The molecule has 0 bridgehead atoms. The predicted molar refractivity (Wildman–Crippen MR) is 84.1 cm³/mol. The molecule has 0 aromatic heterocycles. The van der Waals surface area contributed by atoms with Crippen LogP contribution in [-0.2, 0) is 4.79 Å². The Hall–Kier alpha value is -2.69. The average molecular weight is 313 g/mol. The van der Waals surface area contributed by atoms with Gasteiger partial charge in [0, 0.05) is 17.3 Å². The number of amides is 1. The monoisotopic (exact) mass is 313 g/mol. The summed E-state index contributed by atoms with van der Waals surface area (Å²) in [6.45, 7) is 1.83. The summed E-state index contributed by atoms with van der Waals surface area (Å²) in [6, 6.07) is 12.1. The van der Waals surface area contributed by atoms with Crippen LogP contribution in [0.3, 0.4) is 0 Å². The van der Waals surface area contributed by atoms with Crippen LogP contribution >= 0.6 is 0 Å². The third-order valence-corrected chi connectivity index (χ3v) is 4.20. The Morgan fingerprint density at radius 1 is 1.13 bits per heavy atom. The molecule has 2 aromatic carbocycles. The number of hydrogen-bond donors (Lipinski definition) is 1. The van der Waals surface area contributed by atoms with Crippen molar-refractivity contribution in [1.29, 1.82) is 0 Å². The maximum Gasteiger partial charge on any atom is 0.311 e. The summed E-state index contributed by atoms with van der Waals surface area (Å²) in [5.74, 6) is -2.18. The van der Waals surface area contributed by atoms with Gasteiger partial charge >= 0.3 is 5.97 Å². The van der Waals surface area contributed by atoms with Gasteiger partial charge in [-0.2, -0.15) is 0 Å². The fraction of sp³-hybridized carbons (Fsp3) is 0.222. The van der Waals surface area contributed by atoms with Crippen LogP contribution in [0.4, 0.5) is 10.1 Å². The topological polar surface area (TPSA) is 57.6 Å². The zero-order valence-electron chi connectivity index (χ0n) is 12.6. The standard InChI is InChI=1S/C18H16FNO3/c1-11-10-15(18(22)23)14-4-2-3-5-16(14)20(11)17(21)12-6-8-13(19)9-7-12/h2-9,11,15H,10H2,1H3,(H,22,23). The normalized spacial score (nSPS) is 20.0. The molecule has 0 fully saturated rings. The van der Waals surface area contributed by atoms with Crippen LogP contribution in [0, 0.1) is 5.82 Å². The van der Waals surface area contributed by atoms with Gasteiger partial charge in [0.2, 0.25) is 0 Å². The number of anilines is 1. The first-order chi connectivity index (χ1) is 11.0. The zero-order chi connectivity index (χ0) is 16.6. The molecule has 0 saturated carbocycles. The highest BCUT2D eigenvalue weighted by molar-refractivity contribution is 6.07. The molecule has 3 rings (SSSR count). The smallest absolute Gasteiger partial charge is 0.311 e. The summed E-state index contributed by atoms with van der Waals surface area (Å²) >= 11 is 0. The predicted octanol–water partition coefficient (Wildman–Crippen LogP) is 3.43. The van der Waals surface area contributed by atoms with E-state index >= 15 is 0 Å². The highest BCUT2D eigenvalue weighted by Crippen LogP contribution is 2.39. The maximum atomic E-state index is 13.1. The van der Waals surface area contributed by atoms with Gasteiger partial charge in [0.1, 0.15) is 5.82 Å². The molecule has 5 heteroatoms. The quantitative estimate of drug-likeness (QED) is 0.924. The van der Waals surface area contributed by atoms with Crippen LogP contribution in [-0.4, -0.2) is 23.0 Å². The minimum atomic E-state index is -0.891. The van der Waals surface area contributed by atoms with E-state index in [-0.39, 0.29) is 11.9 Å². The Labute approximate surface area is 133 Å². The van der Waals surface area contributed by atoms with Crippen molar-refractivity contribution in [2.24, 2.45) is 0 Å². The van der Waals surface area contributed by atoms with Crippen molar-refractivity contribution in [2.75, 3.05) is 4.90 Å². The van der Waals surface area contributed by atoms with Crippen LogP contribution in [0.15, 0.2) is 48.5 Å². The second kappa shape index (κ2) is 5.83. The zero-order valence-corrected chi connectivity index (χ0v) is 12.6. The molecule has 118 valence electrons. The average Bonchev–Trinajstić information content (AvgIpc) is 2.54. The van der Waals surface area contributed by atoms with E-state index in [0.717, 1.165) is 0 Å². The van der Waals surface area contributed by atoms with Gasteiger partial charge in [-0.1, -0.05) is 18.2 Å². The number of halogens is 1. The number of nitrogens with zero attached hydrogens (tertiary/aromatic N) is 1. The highest BCUT2D eigenvalue weighted by atomic mass is 19.1. The number of hydrogen-bond acceptors (Lipinski definition) is 2. The van der Waals surface area contributed by atoms with Gasteiger partial charge < -0.3 is 10.0 Å². The van der Waals surface area contributed by atoms with Gasteiger partial charge in [-0.3, -0.25) is 9.59 Å². The summed E-state index contributed by atoms with van der Waals surface area (Å²) in [6.07, 6.45) is 0.347. The van der Waals surface area contributed by atoms with Gasteiger partial charge in [0.25, 0.3) is 5.91 Å². The second-order valence-electron chi connectivity index (χ2n) is 5.72. The van der Waals surface area contributed by atoms with E-state index in [1.54, 1.807) is 29.2 Å². The molecule has 2 atom stereocenters. The number of carbonyl (C=O) groups is 2. The summed E-state index contributed by atoms with van der Waals surface area (Å²) in [5, 5.41) is 9.43. The van der Waals surface area contributed by atoms with E-state index in [0.29, 0.717) is 23.2 Å². The van der Waals surface area contributed by atoms with Crippen molar-refractivity contribution in [2.45, 2.75) is 25.3 Å². The van der Waals surface area contributed by atoms with E-state index in [1.807, 2.05) is 6.92 Å². The molecule has 1 aliphatic rings. The lowest BCUT2D eigenvalue weighted by atomic mass is 9.85. The number of rotatable bonds is 2. The molecule has 0 radical (unpaired) electrons. The summed E-state index contributed by atoms with van der Waals surface area (Å²) in [7, 11) is 0. The Morgan fingerprint density at radius 3 is 2.43 bits per heavy atom. The van der Waals surface area contributed by atoms with Crippen molar-refractivity contribution < 1.29 is 19.1 Å². The lowest BCUT2D eigenvalue weighted by Crippen LogP contribution is -2.44. The number of benzene rings is 2. The third-order valence-electron chi connectivity index (χ3n) is 4.20. The van der Waals surface area contributed by atoms with Gasteiger partial charge in [0.15, 0.2) is 0 Å². The molecule has 0 saturated heterocycles. The molecular weight excluding hydrogens is 297 g/mol. The van der Waals surface area contributed by atoms with Gasteiger partial charge in [-0.15, -0.1) is 0 Å². The molecule has 2 aromatic rings. The largest absolute Gasteiger partial charge is 0.481 e. The van der Waals surface area contributed by atoms with E-state index < -0.39 is 17.7 Å². The molecule has 0 spiro atoms. The lowest BCUT2D eigenvalue weighted by Gasteiger charge is -2.38. The molecule has 23 heavy (non-hydrogen) atoms. The lowest BCUT2D eigenvalue weighted by molar-refractivity contribution is -0.139. The number of carboxylic acid groups (broad SMARTS) is 1. The summed E-state index contributed by atoms with van der Waals surface area (Å²) in [5.41, 5.74) is 1.61. The van der Waals surface area contributed by atoms with Crippen LogP contribution in [0.2, 0.25) is 0 Å². The number of aliphatic carboxylic acids is 1. The minimum Gasteiger partial charge on any atom is -0.481 e. The Kier molecular flexibility index (Phi) is 3.86. The van der Waals surface area contributed by atoms with Gasteiger partial charge in [-0.25, -0.2) is 4.39 Å². The van der Waals surface area contributed by atoms with Gasteiger partial charge in [0.05, 0.1) is 5.92 Å². The van der Waals surface area contributed by atoms with E-state index in [1.165, 1.54) is 24.3 Å². The number of fused-ring (bicyclic) bond motifs is 1. The summed E-state index contributed by atoms with van der Waals surface area (Å²) in [4.78, 5) is 25.9. The fourth-order valence-corrected chi connectivity index (χ4v) is 3.09. The SMILES string of the molecule is CC1CC(C(=O)O)c2ccccc2N1C(=O)c1ccc(F)cc1. The van der Waals surface area contributed by atoms with E-state index in [4.69, 9.17) is 0 Å². The molecule has 0 aliphatic carbocycles. The van der Waals surface area contributed by atoms with Crippen molar-refractivity contribution >= 4 is 17.6 Å². The van der Waals surface area contributed by atoms with Crippen molar-refractivity contribution in [3.05, 3.63) is 65.5 Å². The van der Waals surface area contributed by atoms with Crippen LogP contribution < -0.4 is 4.90 Å². The summed E-state index contributed by atoms with van der Waals surface area (Å²) < 4.78 is 13.1. The van der Waals surface area contributed by atoms with Crippen LogP contribution in [0.5, 0.6) is 0 Å². The number of carboxylic acids is 1. The van der Waals surface area contributed by atoms with Crippen LogP contribution in [0.25, 0.3) is 0 Å². The van der Waals surface area contributed by atoms with Crippen molar-refractivity contribution in [1.82, 2.24) is 0 Å². The Balaban J connectivity index is 2.05. The Bertz CT molecular complexity index is 757. The van der Waals surface area contributed by atoms with Crippen molar-refractivity contribution in [3.8, 4) is 0 Å². The molecule has 1 N–H and O–H groups in total. The van der Waals surface area contributed by atoms with Crippen molar-refractivity contribution in [3.63, 3.8) is 0 Å². The maximum absolute atomic E-state index is 13.1. The second-order valence-corrected chi connectivity index (χ2v) is 5.72. The molecule has 1 aliphatic heterocycles. The first-order valence-corrected chi connectivity index (χ1v) is 7.40. The number of para-hydroxylation sites is 1. The molecular formula is C18H16FNO3. The number of carbonyl (C=O) groups excluding carboxylic acids is 1. The van der Waals surface area contributed by atoms with Crippen LogP contribution in [0.1, 0.15) is 35.2 Å². The van der Waals surface area contributed by atoms with Gasteiger partial charge in [-0.05, 0) is 49.2 Å². The molecule has 2 unspecified atom stereocenters. The first-order valence-electron chi connectivity index (χ1n) is 7.40. The van der Waals surface area contributed by atoms with E-state index in [9.17, 15) is 19.1 Å². The van der Waals surface area contributed by atoms with E-state index in [2.05, 4.69) is 0 Å². The first kappa shape index (κ1) is 15.2. The Morgan fingerprint density at radius 2 is 1.78 bits per heavy atom. The third kappa shape index (κ3) is 2.70. The molecule has 1 heterocycles. The minimum absolute atomic E-state index is 0.256. The highest BCUT2D eigenvalue weighted by Gasteiger charge is 2.37.